The summed E-state index contributed by atoms with van der Waals surface area (Å²) in [6, 6.07) is 7.35. The smallest absolute Gasteiger partial charge is 0.249 e. The number of aromatic nitrogens is 2. The molecule has 0 spiro atoms. The van der Waals surface area contributed by atoms with Gasteiger partial charge in [-0.2, -0.15) is 0 Å². The Kier molecular flexibility index (Phi) is 6.70. The molecule has 0 saturated carbocycles. The van der Waals surface area contributed by atoms with Crippen molar-refractivity contribution in [2.24, 2.45) is 11.3 Å². The SMILES string of the molecule is Cc1ccc(-c2nnc(NC(=O)[C@H](NC(=O)CC(C)(C)C)C(C)C)s2)cc1. The Morgan fingerprint density at radius 2 is 1.74 bits per heavy atom. The number of nitrogens with one attached hydrogen (secondary N) is 2. The van der Waals surface area contributed by atoms with E-state index in [-0.39, 0.29) is 23.1 Å². The number of aryl methyl sites for hydroxylation is 1. The predicted molar refractivity (Wildman–Crippen MR) is 110 cm³/mol. The minimum absolute atomic E-state index is 0.0431. The van der Waals surface area contributed by atoms with Crippen LogP contribution in [0.15, 0.2) is 24.3 Å². The zero-order valence-electron chi connectivity index (χ0n) is 16.8. The summed E-state index contributed by atoms with van der Waals surface area (Å²) < 4.78 is 0. The molecule has 0 unspecified atom stereocenters. The Morgan fingerprint density at radius 3 is 2.30 bits per heavy atom. The molecule has 0 bridgehead atoms. The van der Waals surface area contributed by atoms with E-state index >= 15 is 0 Å². The lowest BCUT2D eigenvalue weighted by Gasteiger charge is -2.24. The minimum atomic E-state index is -0.619. The van der Waals surface area contributed by atoms with Gasteiger partial charge >= 0.3 is 0 Å². The summed E-state index contributed by atoms with van der Waals surface area (Å²) in [4.78, 5) is 24.9. The van der Waals surface area contributed by atoms with Crippen LogP contribution in [0.25, 0.3) is 10.6 Å². The van der Waals surface area contributed by atoms with Crippen molar-refractivity contribution < 1.29 is 9.59 Å². The van der Waals surface area contributed by atoms with Crippen molar-refractivity contribution in [3.05, 3.63) is 29.8 Å². The van der Waals surface area contributed by atoms with E-state index in [4.69, 9.17) is 0 Å². The van der Waals surface area contributed by atoms with Crippen LogP contribution in [0.3, 0.4) is 0 Å². The number of anilines is 1. The predicted octanol–water partition coefficient (Wildman–Crippen LogP) is 4.03. The van der Waals surface area contributed by atoms with E-state index in [9.17, 15) is 9.59 Å². The highest BCUT2D eigenvalue weighted by molar-refractivity contribution is 7.18. The maximum absolute atomic E-state index is 12.7. The molecule has 0 saturated heterocycles. The summed E-state index contributed by atoms with van der Waals surface area (Å²) in [7, 11) is 0. The van der Waals surface area contributed by atoms with Crippen LogP contribution in [0.2, 0.25) is 0 Å². The molecule has 2 N–H and O–H groups in total. The molecule has 6 nitrogen and oxygen atoms in total. The van der Waals surface area contributed by atoms with E-state index in [1.807, 2.05) is 65.8 Å². The molecule has 2 aromatic rings. The van der Waals surface area contributed by atoms with E-state index in [1.54, 1.807) is 0 Å². The Balaban J connectivity index is 2.05. The fourth-order valence-electron chi connectivity index (χ4n) is 2.51. The van der Waals surface area contributed by atoms with E-state index in [2.05, 4.69) is 20.8 Å². The van der Waals surface area contributed by atoms with Crippen molar-refractivity contribution in [2.45, 2.75) is 54.0 Å². The van der Waals surface area contributed by atoms with Gasteiger partial charge in [0, 0.05) is 12.0 Å². The molecular weight excluding hydrogens is 360 g/mol. The van der Waals surface area contributed by atoms with Crippen LogP contribution in [0, 0.1) is 18.3 Å². The maximum Gasteiger partial charge on any atom is 0.249 e. The Labute approximate surface area is 164 Å². The highest BCUT2D eigenvalue weighted by atomic mass is 32.1. The van der Waals surface area contributed by atoms with Gasteiger partial charge in [0.1, 0.15) is 11.0 Å². The van der Waals surface area contributed by atoms with Crippen LogP contribution in [-0.2, 0) is 9.59 Å². The van der Waals surface area contributed by atoms with Gasteiger partial charge in [-0.05, 0) is 18.3 Å². The third-order valence-corrected chi connectivity index (χ3v) is 4.80. The zero-order valence-corrected chi connectivity index (χ0v) is 17.6. The molecule has 7 heteroatoms. The molecule has 146 valence electrons. The molecule has 27 heavy (non-hydrogen) atoms. The number of hydrogen-bond donors (Lipinski definition) is 2. The number of carbonyl (C=O) groups is 2. The molecule has 0 fully saturated rings. The molecule has 0 aliphatic heterocycles. The summed E-state index contributed by atoms with van der Waals surface area (Å²) in [6.45, 7) is 11.8. The lowest BCUT2D eigenvalue weighted by Crippen LogP contribution is -2.47. The molecule has 2 amide bonds. The zero-order chi connectivity index (χ0) is 20.2. The lowest BCUT2D eigenvalue weighted by atomic mass is 9.91. The van der Waals surface area contributed by atoms with Gasteiger partial charge in [0.15, 0.2) is 0 Å². The number of nitrogens with zero attached hydrogens (tertiary/aromatic N) is 2. The molecule has 1 aromatic heterocycles. The van der Waals surface area contributed by atoms with Gasteiger partial charge < -0.3 is 5.32 Å². The van der Waals surface area contributed by atoms with Crippen molar-refractivity contribution in [1.29, 1.82) is 0 Å². The highest BCUT2D eigenvalue weighted by Gasteiger charge is 2.27. The van der Waals surface area contributed by atoms with Crippen LogP contribution < -0.4 is 10.6 Å². The second kappa shape index (κ2) is 8.61. The van der Waals surface area contributed by atoms with Gasteiger partial charge in [0.2, 0.25) is 16.9 Å². The fraction of sp³-hybridized carbons (Fsp3) is 0.500. The first-order valence-corrected chi connectivity index (χ1v) is 9.87. The average Bonchev–Trinajstić information content (AvgIpc) is 2.99. The number of benzene rings is 1. The van der Waals surface area contributed by atoms with Gasteiger partial charge in [-0.1, -0.05) is 75.8 Å². The molecule has 0 aliphatic carbocycles. The summed E-state index contributed by atoms with van der Waals surface area (Å²) in [5.74, 6) is -0.453. The van der Waals surface area contributed by atoms with Crippen molar-refractivity contribution in [3.8, 4) is 10.6 Å². The molecule has 0 aliphatic rings. The number of carbonyl (C=O) groups excluding carboxylic acids is 2. The summed E-state index contributed by atoms with van der Waals surface area (Å²) in [5.41, 5.74) is 1.99. The number of hydrogen-bond acceptors (Lipinski definition) is 5. The molecule has 1 aromatic carbocycles. The van der Waals surface area contributed by atoms with Gasteiger partial charge in [-0.15, -0.1) is 10.2 Å². The van der Waals surface area contributed by atoms with E-state index in [1.165, 1.54) is 16.9 Å². The monoisotopic (exact) mass is 388 g/mol. The summed E-state index contributed by atoms with van der Waals surface area (Å²) in [5, 5.41) is 15.0. The fourth-order valence-corrected chi connectivity index (χ4v) is 3.26. The normalized spacial score (nSPS) is 12.7. The number of amides is 2. The average molecular weight is 389 g/mol. The van der Waals surface area contributed by atoms with Crippen LogP contribution in [0.5, 0.6) is 0 Å². The van der Waals surface area contributed by atoms with Gasteiger partial charge in [0.05, 0.1) is 0 Å². The molecule has 1 heterocycles. The van der Waals surface area contributed by atoms with Crippen molar-refractivity contribution in [3.63, 3.8) is 0 Å². The molecule has 1 atom stereocenters. The Hall–Kier alpha value is -2.28. The number of rotatable bonds is 6. The first-order chi connectivity index (χ1) is 12.5. The Bertz CT molecular complexity index is 791. The maximum atomic E-state index is 12.7. The van der Waals surface area contributed by atoms with Crippen molar-refractivity contribution in [1.82, 2.24) is 15.5 Å². The van der Waals surface area contributed by atoms with Gasteiger partial charge in [-0.3, -0.25) is 14.9 Å². The van der Waals surface area contributed by atoms with E-state index in [0.29, 0.717) is 11.6 Å². The molecule has 2 rings (SSSR count). The highest BCUT2D eigenvalue weighted by Crippen LogP contribution is 2.26. The van der Waals surface area contributed by atoms with Crippen LogP contribution >= 0.6 is 11.3 Å². The van der Waals surface area contributed by atoms with Crippen molar-refractivity contribution >= 4 is 28.3 Å². The largest absolute Gasteiger partial charge is 0.344 e. The third kappa shape index (κ3) is 6.43. The first kappa shape index (κ1) is 21.0. The van der Waals surface area contributed by atoms with Crippen LogP contribution in [-0.4, -0.2) is 28.1 Å². The second-order valence-electron chi connectivity index (χ2n) is 8.29. The third-order valence-electron chi connectivity index (χ3n) is 3.91. The Morgan fingerprint density at radius 1 is 1.11 bits per heavy atom. The van der Waals surface area contributed by atoms with Crippen molar-refractivity contribution in [2.75, 3.05) is 5.32 Å². The molecular formula is C20H28N4O2S. The van der Waals surface area contributed by atoms with Gasteiger partial charge in [0.25, 0.3) is 0 Å². The van der Waals surface area contributed by atoms with E-state index < -0.39 is 6.04 Å². The summed E-state index contributed by atoms with van der Waals surface area (Å²) in [6.07, 6.45) is 0.361. The second-order valence-corrected chi connectivity index (χ2v) is 9.27. The topological polar surface area (TPSA) is 84.0 Å². The van der Waals surface area contributed by atoms with Crippen LogP contribution in [0.4, 0.5) is 5.13 Å². The minimum Gasteiger partial charge on any atom is -0.344 e. The van der Waals surface area contributed by atoms with E-state index in [0.717, 1.165) is 10.6 Å². The van der Waals surface area contributed by atoms with Gasteiger partial charge in [-0.25, -0.2) is 0 Å². The first-order valence-electron chi connectivity index (χ1n) is 9.06. The van der Waals surface area contributed by atoms with Crippen LogP contribution in [0.1, 0.15) is 46.6 Å². The standard InChI is InChI=1S/C20H28N4O2S/c1-12(2)16(21-15(25)11-20(4,5)6)17(26)22-19-24-23-18(27-19)14-9-7-13(3)8-10-14/h7-10,12,16H,11H2,1-6H3,(H,21,25)(H,22,24,26)/t16-/m1/s1. The summed E-state index contributed by atoms with van der Waals surface area (Å²) >= 11 is 1.31. The quantitative estimate of drug-likeness (QED) is 0.782. The lowest BCUT2D eigenvalue weighted by molar-refractivity contribution is -0.128. The molecule has 0 radical (unpaired) electrons.